The van der Waals surface area contributed by atoms with E-state index in [4.69, 9.17) is 9.47 Å². The predicted molar refractivity (Wildman–Crippen MR) is 85.2 cm³/mol. The molecule has 0 radical (unpaired) electrons. The molecule has 2 aliphatic rings. The second-order valence-corrected chi connectivity index (χ2v) is 5.95. The molecule has 5 nitrogen and oxygen atoms in total. The monoisotopic (exact) mass is 313 g/mol. The van der Waals surface area contributed by atoms with Gasteiger partial charge in [-0.2, -0.15) is 0 Å². The maximum Gasteiger partial charge on any atom is 0.328 e. The third-order valence-electron chi connectivity index (χ3n) is 4.45. The molecule has 0 aromatic heterocycles. The van der Waals surface area contributed by atoms with Gasteiger partial charge in [-0.05, 0) is 49.0 Å². The van der Waals surface area contributed by atoms with Gasteiger partial charge in [-0.1, -0.05) is 12.1 Å². The van der Waals surface area contributed by atoms with Crippen molar-refractivity contribution in [3.8, 4) is 5.75 Å². The summed E-state index contributed by atoms with van der Waals surface area (Å²) in [7, 11) is 3.37. The number of ether oxygens (including phenoxy) is 2. The molecule has 1 N–H and O–H groups in total. The Morgan fingerprint density at radius 1 is 1.17 bits per heavy atom. The average Bonchev–Trinajstić information content (AvgIpc) is 2.84. The first kappa shape index (κ1) is 15.5. The maximum atomic E-state index is 12.5. The van der Waals surface area contributed by atoms with Crippen molar-refractivity contribution in [1.82, 2.24) is 5.32 Å². The van der Waals surface area contributed by atoms with Gasteiger partial charge in [0.15, 0.2) is 11.4 Å². The van der Waals surface area contributed by atoms with Gasteiger partial charge < -0.3 is 14.8 Å². The fraction of sp³-hybridized carbons (Fsp3) is 0.333. The zero-order chi connectivity index (χ0) is 16.5. The summed E-state index contributed by atoms with van der Waals surface area (Å²) in [6.45, 7) is 0. The van der Waals surface area contributed by atoms with Crippen molar-refractivity contribution in [2.45, 2.75) is 24.0 Å². The summed E-state index contributed by atoms with van der Waals surface area (Å²) in [6, 6.07) is 7.61. The van der Waals surface area contributed by atoms with E-state index < -0.39 is 11.1 Å². The lowest BCUT2D eigenvalue weighted by atomic mass is 9.81. The first-order valence-electron chi connectivity index (χ1n) is 7.49. The van der Waals surface area contributed by atoms with Gasteiger partial charge in [0.05, 0.1) is 7.11 Å². The van der Waals surface area contributed by atoms with Crippen molar-refractivity contribution in [3.63, 3.8) is 0 Å². The highest BCUT2D eigenvalue weighted by atomic mass is 16.6. The SMILES string of the molecule is CN[C@]1(Cc2ccc(OC)cc2)CC2(C=CC(=O)C=C2)OC1=O. The molecule has 0 saturated carbocycles. The van der Waals surface area contributed by atoms with E-state index in [1.807, 2.05) is 24.3 Å². The number of carbonyl (C=O) groups is 2. The molecule has 1 heterocycles. The third-order valence-corrected chi connectivity index (χ3v) is 4.45. The molecule has 1 aliphatic carbocycles. The quantitative estimate of drug-likeness (QED) is 0.855. The molecule has 1 aromatic rings. The highest BCUT2D eigenvalue weighted by molar-refractivity contribution is 6.01. The number of ketones is 1. The average molecular weight is 313 g/mol. The van der Waals surface area contributed by atoms with Crippen molar-refractivity contribution in [1.29, 1.82) is 0 Å². The molecule has 1 saturated heterocycles. The van der Waals surface area contributed by atoms with Crippen LogP contribution in [0.4, 0.5) is 0 Å². The molecular formula is C18H19NO4. The molecule has 3 rings (SSSR count). The topological polar surface area (TPSA) is 64.6 Å². The van der Waals surface area contributed by atoms with Crippen LogP contribution in [0.15, 0.2) is 48.6 Å². The van der Waals surface area contributed by atoms with Crippen LogP contribution in [-0.4, -0.2) is 37.0 Å². The van der Waals surface area contributed by atoms with Crippen LogP contribution < -0.4 is 10.1 Å². The Labute approximate surface area is 135 Å². The van der Waals surface area contributed by atoms with Gasteiger partial charge in [0.2, 0.25) is 0 Å². The van der Waals surface area contributed by atoms with Crippen molar-refractivity contribution >= 4 is 11.8 Å². The van der Waals surface area contributed by atoms with Crippen molar-refractivity contribution < 1.29 is 19.1 Å². The number of nitrogens with one attached hydrogen (secondary N) is 1. The van der Waals surface area contributed by atoms with Gasteiger partial charge in [0.1, 0.15) is 11.3 Å². The van der Waals surface area contributed by atoms with Crippen LogP contribution in [0, 0.1) is 0 Å². The summed E-state index contributed by atoms with van der Waals surface area (Å²) >= 11 is 0. The summed E-state index contributed by atoms with van der Waals surface area (Å²) in [5, 5.41) is 3.13. The summed E-state index contributed by atoms with van der Waals surface area (Å²) in [6.07, 6.45) is 7.19. The van der Waals surface area contributed by atoms with Crippen molar-refractivity contribution in [3.05, 3.63) is 54.1 Å². The van der Waals surface area contributed by atoms with E-state index in [9.17, 15) is 9.59 Å². The van der Waals surface area contributed by atoms with Crippen LogP contribution in [0.3, 0.4) is 0 Å². The minimum Gasteiger partial charge on any atom is -0.497 e. The number of carbonyl (C=O) groups excluding carboxylic acids is 2. The molecule has 0 bridgehead atoms. The maximum absolute atomic E-state index is 12.5. The first-order valence-corrected chi connectivity index (χ1v) is 7.49. The van der Waals surface area contributed by atoms with Gasteiger partial charge in [-0.15, -0.1) is 0 Å². The van der Waals surface area contributed by atoms with E-state index in [1.54, 1.807) is 26.3 Å². The van der Waals surface area contributed by atoms with E-state index in [0.29, 0.717) is 12.8 Å². The Morgan fingerprint density at radius 2 is 1.83 bits per heavy atom. The number of allylic oxidation sites excluding steroid dienone is 2. The number of benzene rings is 1. The normalized spacial score (nSPS) is 25.0. The van der Waals surface area contributed by atoms with Crippen LogP contribution in [0.1, 0.15) is 12.0 Å². The summed E-state index contributed by atoms with van der Waals surface area (Å²) in [5.74, 6) is 0.373. The van der Waals surface area contributed by atoms with E-state index in [0.717, 1.165) is 11.3 Å². The fourth-order valence-electron chi connectivity index (χ4n) is 3.10. The van der Waals surface area contributed by atoms with Gasteiger partial charge in [0, 0.05) is 12.8 Å². The smallest absolute Gasteiger partial charge is 0.328 e. The Morgan fingerprint density at radius 3 is 2.39 bits per heavy atom. The number of hydrogen-bond acceptors (Lipinski definition) is 5. The molecule has 1 aromatic carbocycles. The van der Waals surface area contributed by atoms with Crippen molar-refractivity contribution in [2.75, 3.05) is 14.2 Å². The molecular weight excluding hydrogens is 294 g/mol. The lowest BCUT2D eigenvalue weighted by Gasteiger charge is -2.26. The standard InChI is InChI=1S/C18H19NO4/c1-19-18(11-13-3-5-15(22-2)6-4-13)12-17(23-16(18)21)9-7-14(20)8-10-17/h3-10,19H,11-12H2,1-2H3/t18-/m1/s1. The molecule has 5 heteroatoms. The number of esters is 1. The van der Waals surface area contributed by atoms with E-state index >= 15 is 0 Å². The Balaban J connectivity index is 1.85. The van der Waals surface area contributed by atoms with Gasteiger partial charge in [-0.25, -0.2) is 4.79 Å². The van der Waals surface area contributed by atoms with Crippen molar-refractivity contribution in [2.24, 2.45) is 0 Å². The molecule has 120 valence electrons. The molecule has 23 heavy (non-hydrogen) atoms. The van der Waals surface area contributed by atoms with Crippen LogP contribution in [0.25, 0.3) is 0 Å². The fourth-order valence-corrected chi connectivity index (χ4v) is 3.10. The molecule has 1 atom stereocenters. The van der Waals surface area contributed by atoms with Crippen LogP contribution in [0.2, 0.25) is 0 Å². The second-order valence-electron chi connectivity index (χ2n) is 5.95. The number of likely N-dealkylation sites (N-methyl/N-ethyl adjacent to an activating group) is 1. The highest BCUT2D eigenvalue weighted by Gasteiger charge is 2.54. The summed E-state index contributed by atoms with van der Waals surface area (Å²) in [4.78, 5) is 23.9. The molecule has 1 fully saturated rings. The van der Waals surface area contributed by atoms with E-state index in [1.165, 1.54) is 12.2 Å². The molecule has 0 unspecified atom stereocenters. The molecule has 0 amide bonds. The van der Waals surface area contributed by atoms with Crippen LogP contribution in [-0.2, 0) is 20.7 Å². The van der Waals surface area contributed by atoms with E-state index in [-0.39, 0.29) is 11.8 Å². The Hall–Kier alpha value is -2.40. The van der Waals surface area contributed by atoms with Gasteiger partial charge in [-0.3, -0.25) is 4.79 Å². The first-order chi connectivity index (χ1) is 11.0. The minimum absolute atomic E-state index is 0.0937. The summed E-state index contributed by atoms with van der Waals surface area (Å²) < 4.78 is 10.8. The highest BCUT2D eigenvalue weighted by Crippen LogP contribution is 2.39. The Bertz CT molecular complexity index is 673. The lowest BCUT2D eigenvalue weighted by molar-refractivity contribution is -0.147. The predicted octanol–water partition coefficient (Wildman–Crippen LogP) is 1.58. The number of methoxy groups -OCH3 is 1. The third kappa shape index (κ3) is 2.80. The van der Waals surface area contributed by atoms with Crippen LogP contribution in [0.5, 0.6) is 5.75 Å². The zero-order valence-electron chi connectivity index (χ0n) is 13.2. The molecule has 1 spiro atoms. The number of hydrogen-bond donors (Lipinski definition) is 1. The molecule has 1 aliphatic heterocycles. The lowest BCUT2D eigenvalue weighted by Crippen LogP contribution is -2.49. The number of rotatable bonds is 4. The minimum atomic E-state index is -0.833. The summed E-state index contributed by atoms with van der Waals surface area (Å²) in [5.41, 5.74) is -0.640. The largest absolute Gasteiger partial charge is 0.497 e. The second kappa shape index (κ2) is 5.66. The van der Waals surface area contributed by atoms with Crippen LogP contribution >= 0.6 is 0 Å². The zero-order valence-corrected chi connectivity index (χ0v) is 13.2. The Kier molecular flexibility index (Phi) is 3.82. The van der Waals surface area contributed by atoms with Gasteiger partial charge in [0.25, 0.3) is 0 Å². The van der Waals surface area contributed by atoms with E-state index in [2.05, 4.69) is 5.32 Å². The van der Waals surface area contributed by atoms with Gasteiger partial charge >= 0.3 is 5.97 Å².